The predicted octanol–water partition coefficient (Wildman–Crippen LogP) is 2.36. The van der Waals surface area contributed by atoms with Crippen LogP contribution in [0, 0.1) is 0 Å². The van der Waals surface area contributed by atoms with Gasteiger partial charge in [0.25, 0.3) is 5.91 Å². The van der Waals surface area contributed by atoms with Gasteiger partial charge in [-0.05, 0) is 25.5 Å². The third-order valence-corrected chi connectivity index (χ3v) is 4.32. The number of aromatic amines is 1. The van der Waals surface area contributed by atoms with E-state index in [1.165, 1.54) is 17.2 Å². The molecular weight excluding hydrogens is 361 g/mol. The van der Waals surface area contributed by atoms with Crippen LogP contribution in [0.1, 0.15) is 28.9 Å². The van der Waals surface area contributed by atoms with Crippen molar-refractivity contribution in [2.45, 2.75) is 25.1 Å². The first-order valence-electron chi connectivity index (χ1n) is 8.57. The van der Waals surface area contributed by atoms with Gasteiger partial charge in [0.05, 0.1) is 5.69 Å². The molecule has 27 heavy (non-hydrogen) atoms. The number of carbonyl (C=O) groups is 1. The normalized spacial score (nSPS) is 17.6. The molecule has 0 spiro atoms. The van der Waals surface area contributed by atoms with Crippen molar-refractivity contribution in [3.8, 4) is 11.3 Å². The molecule has 1 amide bonds. The fourth-order valence-electron chi connectivity index (χ4n) is 2.93. The SMILES string of the molecule is CN(C)C(=O)c1cc(-c2nc(N[C@H]3CCCNC3)ncc2C(F)(F)F)c[nH]1. The predicted molar refractivity (Wildman–Crippen MR) is 94.4 cm³/mol. The molecule has 0 radical (unpaired) electrons. The van der Waals surface area contributed by atoms with E-state index in [9.17, 15) is 18.0 Å². The Morgan fingerprint density at radius 2 is 2.15 bits per heavy atom. The largest absolute Gasteiger partial charge is 0.419 e. The molecule has 0 bridgehead atoms. The fraction of sp³-hybridized carbons (Fsp3) is 0.471. The lowest BCUT2D eigenvalue weighted by atomic mass is 10.1. The lowest BCUT2D eigenvalue weighted by Gasteiger charge is -2.24. The quantitative estimate of drug-likeness (QED) is 0.756. The summed E-state index contributed by atoms with van der Waals surface area (Å²) in [6.07, 6.45) is -0.623. The molecule has 3 N–H and O–H groups in total. The van der Waals surface area contributed by atoms with Gasteiger partial charge in [-0.1, -0.05) is 0 Å². The van der Waals surface area contributed by atoms with Crippen molar-refractivity contribution < 1.29 is 18.0 Å². The summed E-state index contributed by atoms with van der Waals surface area (Å²) in [5.74, 6) is -0.205. The number of rotatable bonds is 4. The molecule has 3 rings (SSSR count). The van der Waals surface area contributed by atoms with Crippen LogP contribution in [0.5, 0.6) is 0 Å². The topological polar surface area (TPSA) is 85.9 Å². The van der Waals surface area contributed by atoms with Gasteiger partial charge in [0.15, 0.2) is 0 Å². The summed E-state index contributed by atoms with van der Waals surface area (Å²) in [5, 5.41) is 6.30. The van der Waals surface area contributed by atoms with Gasteiger partial charge in [-0.25, -0.2) is 9.97 Å². The van der Waals surface area contributed by atoms with Crippen LogP contribution in [0.3, 0.4) is 0 Å². The van der Waals surface area contributed by atoms with Crippen molar-refractivity contribution in [1.82, 2.24) is 25.2 Å². The summed E-state index contributed by atoms with van der Waals surface area (Å²) in [6, 6.07) is 1.42. The van der Waals surface area contributed by atoms with E-state index in [0.717, 1.165) is 25.6 Å². The first kappa shape index (κ1) is 19.2. The Kier molecular flexibility index (Phi) is 5.36. The number of halogens is 3. The summed E-state index contributed by atoms with van der Waals surface area (Å²) in [4.78, 5) is 24.0. The molecule has 1 atom stereocenters. The van der Waals surface area contributed by atoms with Gasteiger partial charge in [0.1, 0.15) is 11.3 Å². The highest BCUT2D eigenvalue weighted by molar-refractivity contribution is 5.93. The Hall–Kier alpha value is -2.62. The van der Waals surface area contributed by atoms with E-state index < -0.39 is 11.7 Å². The number of hydrogen-bond donors (Lipinski definition) is 3. The highest BCUT2D eigenvalue weighted by atomic mass is 19.4. The van der Waals surface area contributed by atoms with E-state index in [-0.39, 0.29) is 34.8 Å². The number of piperidine rings is 1. The van der Waals surface area contributed by atoms with Crippen molar-refractivity contribution in [3.63, 3.8) is 0 Å². The molecule has 0 aliphatic carbocycles. The van der Waals surface area contributed by atoms with Gasteiger partial charge in [-0.2, -0.15) is 13.2 Å². The van der Waals surface area contributed by atoms with Crippen LogP contribution < -0.4 is 10.6 Å². The highest BCUT2D eigenvalue weighted by Crippen LogP contribution is 2.36. The smallest absolute Gasteiger partial charge is 0.357 e. The molecule has 1 fully saturated rings. The number of nitrogens with one attached hydrogen (secondary N) is 3. The van der Waals surface area contributed by atoms with E-state index in [1.807, 2.05) is 0 Å². The highest BCUT2D eigenvalue weighted by Gasteiger charge is 2.36. The van der Waals surface area contributed by atoms with Crippen LogP contribution in [0.15, 0.2) is 18.5 Å². The Balaban J connectivity index is 1.95. The Morgan fingerprint density at radius 3 is 2.78 bits per heavy atom. The average Bonchev–Trinajstić information content (AvgIpc) is 3.11. The number of carbonyl (C=O) groups excluding carboxylic acids is 1. The number of H-pyrrole nitrogens is 1. The molecular formula is C17H21F3N6O. The molecule has 1 aliphatic heterocycles. The Labute approximate surface area is 154 Å². The summed E-state index contributed by atoms with van der Waals surface area (Å²) >= 11 is 0. The van der Waals surface area contributed by atoms with Crippen molar-refractivity contribution >= 4 is 11.9 Å². The molecule has 10 heteroatoms. The maximum Gasteiger partial charge on any atom is 0.419 e. The standard InChI is InChI=1S/C17H21F3N6O/c1-26(2)15(27)13-6-10(7-22-13)14-12(17(18,19)20)9-23-16(25-14)24-11-4-3-5-21-8-11/h6-7,9,11,21-22H,3-5,8H2,1-2H3,(H,23,24,25)/t11-/m0/s1. The lowest BCUT2D eigenvalue weighted by Crippen LogP contribution is -2.38. The van der Waals surface area contributed by atoms with Crippen LogP contribution in [0.2, 0.25) is 0 Å². The molecule has 3 heterocycles. The van der Waals surface area contributed by atoms with Gasteiger partial charge in [-0.15, -0.1) is 0 Å². The fourth-order valence-corrected chi connectivity index (χ4v) is 2.93. The lowest BCUT2D eigenvalue weighted by molar-refractivity contribution is -0.137. The van der Waals surface area contributed by atoms with Crippen molar-refractivity contribution in [3.05, 3.63) is 29.7 Å². The van der Waals surface area contributed by atoms with Crippen molar-refractivity contribution in [1.29, 1.82) is 0 Å². The molecule has 1 saturated heterocycles. The molecule has 7 nitrogen and oxygen atoms in total. The van der Waals surface area contributed by atoms with Crippen molar-refractivity contribution in [2.24, 2.45) is 0 Å². The number of hydrogen-bond acceptors (Lipinski definition) is 5. The van der Waals surface area contributed by atoms with E-state index in [2.05, 4.69) is 25.6 Å². The molecule has 2 aromatic heterocycles. The van der Waals surface area contributed by atoms with Crippen LogP contribution >= 0.6 is 0 Å². The second-order valence-electron chi connectivity index (χ2n) is 6.64. The second-order valence-corrected chi connectivity index (χ2v) is 6.64. The minimum Gasteiger partial charge on any atom is -0.357 e. The Bertz CT molecular complexity index is 811. The maximum atomic E-state index is 13.4. The Morgan fingerprint density at radius 1 is 1.37 bits per heavy atom. The van der Waals surface area contributed by atoms with E-state index in [1.54, 1.807) is 14.1 Å². The second kappa shape index (κ2) is 7.55. The van der Waals surface area contributed by atoms with Gasteiger partial charge in [0.2, 0.25) is 5.95 Å². The minimum absolute atomic E-state index is 0.0560. The van der Waals surface area contributed by atoms with Crippen LogP contribution in [0.25, 0.3) is 11.3 Å². The van der Waals surface area contributed by atoms with E-state index >= 15 is 0 Å². The van der Waals surface area contributed by atoms with Crippen LogP contribution in [-0.4, -0.2) is 59.0 Å². The summed E-state index contributed by atoms with van der Waals surface area (Å²) in [6.45, 7) is 1.62. The molecule has 0 aromatic carbocycles. The molecule has 0 saturated carbocycles. The first-order chi connectivity index (χ1) is 12.8. The zero-order valence-corrected chi connectivity index (χ0v) is 15.0. The summed E-state index contributed by atoms with van der Waals surface area (Å²) < 4.78 is 40.3. The average molecular weight is 382 g/mol. The molecule has 2 aromatic rings. The third-order valence-electron chi connectivity index (χ3n) is 4.32. The maximum absolute atomic E-state index is 13.4. The number of anilines is 1. The van der Waals surface area contributed by atoms with Gasteiger partial charge < -0.3 is 20.5 Å². The zero-order chi connectivity index (χ0) is 19.6. The first-order valence-corrected chi connectivity index (χ1v) is 8.57. The number of alkyl halides is 3. The zero-order valence-electron chi connectivity index (χ0n) is 15.0. The minimum atomic E-state index is -4.61. The molecule has 146 valence electrons. The van der Waals surface area contributed by atoms with E-state index in [4.69, 9.17) is 0 Å². The van der Waals surface area contributed by atoms with Crippen LogP contribution in [-0.2, 0) is 6.18 Å². The van der Waals surface area contributed by atoms with Crippen LogP contribution in [0.4, 0.5) is 19.1 Å². The number of nitrogens with zero attached hydrogens (tertiary/aromatic N) is 3. The molecule has 1 aliphatic rings. The number of aromatic nitrogens is 3. The summed E-state index contributed by atoms with van der Waals surface area (Å²) in [5.41, 5.74) is -0.844. The van der Waals surface area contributed by atoms with Gasteiger partial charge >= 0.3 is 6.18 Å². The monoisotopic (exact) mass is 382 g/mol. The third kappa shape index (κ3) is 4.38. The van der Waals surface area contributed by atoms with Gasteiger partial charge in [0, 0.05) is 44.6 Å². The number of amides is 1. The van der Waals surface area contributed by atoms with E-state index in [0.29, 0.717) is 6.54 Å². The summed E-state index contributed by atoms with van der Waals surface area (Å²) in [7, 11) is 3.13. The molecule has 0 unspecified atom stereocenters. The van der Waals surface area contributed by atoms with Gasteiger partial charge in [-0.3, -0.25) is 4.79 Å². The van der Waals surface area contributed by atoms with Crippen molar-refractivity contribution in [2.75, 3.05) is 32.5 Å².